The summed E-state index contributed by atoms with van der Waals surface area (Å²) in [5, 5.41) is 3.70. The highest BCUT2D eigenvalue weighted by atomic mass is 127. The molecule has 6 nitrogen and oxygen atoms in total. The number of rotatable bonds is 6. The maximum Gasteiger partial charge on any atom is 0.410 e. The molecule has 1 saturated carbocycles. The number of aromatic nitrogens is 1. The number of halogens is 1. The van der Waals surface area contributed by atoms with E-state index in [2.05, 4.69) is 51.1 Å². The van der Waals surface area contributed by atoms with Crippen LogP contribution in [0.15, 0.2) is 36.5 Å². The fraction of sp³-hybridized carbons (Fsp3) is 0.520. The number of carbonyl (C=O) groups excluding carboxylic acids is 1. The maximum atomic E-state index is 12.4. The molecule has 0 bridgehead atoms. The number of hydrogen-bond acceptors (Lipinski definition) is 5. The molecule has 174 valence electrons. The predicted molar refractivity (Wildman–Crippen MR) is 136 cm³/mol. The number of benzene rings is 1. The van der Waals surface area contributed by atoms with Crippen LogP contribution >= 0.6 is 22.6 Å². The van der Waals surface area contributed by atoms with Gasteiger partial charge in [-0.1, -0.05) is 12.1 Å². The van der Waals surface area contributed by atoms with Gasteiger partial charge < -0.3 is 19.7 Å². The van der Waals surface area contributed by atoms with Gasteiger partial charge in [0.05, 0.1) is 7.11 Å². The third-order valence-corrected chi connectivity index (χ3v) is 6.49. The Morgan fingerprint density at radius 2 is 1.84 bits per heavy atom. The van der Waals surface area contributed by atoms with Gasteiger partial charge in [0, 0.05) is 43.0 Å². The van der Waals surface area contributed by atoms with Crippen molar-refractivity contribution in [3.63, 3.8) is 0 Å². The first-order valence-electron chi connectivity index (χ1n) is 11.1. The maximum absolute atomic E-state index is 12.4. The van der Waals surface area contributed by atoms with Crippen LogP contribution in [0.25, 0.3) is 11.1 Å². The molecule has 1 N–H and O–H groups in total. The first kappa shape index (κ1) is 24.8. The summed E-state index contributed by atoms with van der Waals surface area (Å²) in [7, 11) is 3.56. The van der Waals surface area contributed by atoms with Crippen LogP contribution in [0.3, 0.4) is 0 Å². The van der Waals surface area contributed by atoms with E-state index in [1.54, 1.807) is 12.0 Å². The lowest BCUT2D eigenvalue weighted by Crippen LogP contribution is -2.44. The summed E-state index contributed by atoms with van der Waals surface area (Å²) in [5.41, 5.74) is 2.90. The first-order chi connectivity index (χ1) is 15.2. The number of nitrogens with zero attached hydrogens (tertiary/aromatic N) is 2. The molecule has 1 aliphatic rings. The Morgan fingerprint density at radius 3 is 2.44 bits per heavy atom. The van der Waals surface area contributed by atoms with Crippen LogP contribution in [-0.4, -0.2) is 47.8 Å². The van der Waals surface area contributed by atoms with Crippen LogP contribution in [0.1, 0.15) is 52.0 Å². The third kappa shape index (κ3) is 6.81. The second kappa shape index (κ2) is 10.8. The summed E-state index contributed by atoms with van der Waals surface area (Å²) < 4.78 is 12.1. The van der Waals surface area contributed by atoms with Gasteiger partial charge in [-0.05, 0) is 92.8 Å². The average Bonchev–Trinajstić information content (AvgIpc) is 2.76. The Bertz CT molecular complexity index is 904. The van der Waals surface area contributed by atoms with Crippen molar-refractivity contribution < 1.29 is 14.3 Å². The van der Waals surface area contributed by atoms with E-state index in [0.29, 0.717) is 6.04 Å². The van der Waals surface area contributed by atoms with Gasteiger partial charge in [0.2, 0.25) is 0 Å². The largest absolute Gasteiger partial charge is 0.496 e. The molecule has 1 aromatic carbocycles. The van der Waals surface area contributed by atoms with Crippen molar-refractivity contribution in [1.82, 2.24) is 15.2 Å². The number of ether oxygens (including phenoxy) is 2. The van der Waals surface area contributed by atoms with Gasteiger partial charge in [0.1, 0.15) is 15.1 Å². The summed E-state index contributed by atoms with van der Waals surface area (Å²) >= 11 is 2.22. The highest BCUT2D eigenvalue weighted by molar-refractivity contribution is 14.1. The van der Waals surface area contributed by atoms with Crippen LogP contribution in [0.2, 0.25) is 0 Å². The highest BCUT2D eigenvalue weighted by Crippen LogP contribution is 2.28. The fourth-order valence-electron chi connectivity index (χ4n) is 4.05. The summed E-state index contributed by atoms with van der Waals surface area (Å²) in [5.74, 6) is 0.887. The summed E-state index contributed by atoms with van der Waals surface area (Å²) in [4.78, 5) is 18.5. The lowest BCUT2D eigenvalue weighted by atomic mass is 9.90. The van der Waals surface area contributed by atoms with Crippen molar-refractivity contribution in [1.29, 1.82) is 0 Å². The molecule has 0 unspecified atom stereocenters. The molecule has 32 heavy (non-hydrogen) atoms. The van der Waals surface area contributed by atoms with Crippen molar-refractivity contribution in [2.75, 3.05) is 14.2 Å². The van der Waals surface area contributed by atoms with Gasteiger partial charge in [-0.2, -0.15) is 0 Å². The molecule has 2 aromatic rings. The minimum Gasteiger partial charge on any atom is -0.496 e. The summed E-state index contributed by atoms with van der Waals surface area (Å²) in [6.45, 7) is 6.44. The molecule has 1 amide bonds. The minimum absolute atomic E-state index is 0.231. The zero-order chi connectivity index (χ0) is 23.3. The molecule has 1 aliphatic carbocycles. The predicted octanol–water partition coefficient (Wildman–Crippen LogP) is 5.63. The van der Waals surface area contributed by atoms with E-state index < -0.39 is 5.60 Å². The Labute approximate surface area is 205 Å². The zero-order valence-corrected chi connectivity index (χ0v) is 21.8. The topological polar surface area (TPSA) is 63.7 Å². The van der Waals surface area contributed by atoms with E-state index in [1.165, 1.54) is 0 Å². The summed E-state index contributed by atoms with van der Waals surface area (Å²) in [6, 6.07) is 11.0. The molecule has 3 rings (SSSR count). The van der Waals surface area contributed by atoms with E-state index >= 15 is 0 Å². The molecule has 1 fully saturated rings. The number of pyridine rings is 1. The van der Waals surface area contributed by atoms with E-state index in [-0.39, 0.29) is 12.1 Å². The SMILES string of the molecule is COc1ccc(-c2ccc(I)nc2)cc1CNC1CCC(N(C)C(=O)OC(C)(C)C)CC1. The van der Waals surface area contributed by atoms with Gasteiger partial charge in [0.25, 0.3) is 0 Å². The minimum atomic E-state index is -0.466. The van der Waals surface area contributed by atoms with Crippen LogP contribution in [0, 0.1) is 3.70 Å². The Balaban J connectivity index is 1.56. The molecule has 7 heteroatoms. The van der Waals surface area contributed by atoms with Crippen LogP contribution in [0.5, 0.6) is 5.75 Å². The molecule has 0 atom stereocenters. The number of methoxy groups -OCH3 is 1. The number of hydrogen-bond donors (Lipinski definition) is 1. The highest BCUT2D eigenvalue weighted by Gasteiger charge is 2.29. The van der Waals surface area contributed by atoms with E-state index in [9.17, 15) is 4.79 Å². The van der Waals surface area contributed by atoms with Gasteiger partial charge >= 0.3 is 6.09 Å². The first-order valence-corrected chi connectivity index (χ1v) is 12.2. The quantitative estimate of drug-likeness (QED) is 0.373. The van der Waals surface area contributed by atoms with Crippen LogP contribution < -0.4 is 10.1 Å². The molecular weight excluding hydrogens is 517 g/mol. The molecule has 1 aromatic heterocycles. The van der Waals surface area contributed by atoms with Gasteiger partial charge in [-0.3, -0.25) is 0 Å². The molecule has 0 aliphatic heterocycles. The number of carbonyl (C=O) groups is 1. The standard InChI is InChI=1S/C25H34IN3O3/c1-25(2,3)32-24(30)29(4)21-10-8-20(9-11-21)27-16-19-14-17(6-12-22(19)31-5)18-7-13-23(26)28-15-18/h6-7,12-15,20-21,27H,8-11,16H2,1-5H3. The molecule has 0 saturated heterocycles. The monoisotopic (exact) mass is 551 g/mol. The Kier molecular flexibility index (Phi) is 8.38. The average molecular weight is 551 g/mol. The van der Waals surface area contributed by atoms with E-state index in [1.807, 2.05) is 46.1 Å². The fourth-order valence-corrected chi connectivity index (χ4v) is 4.37. The Morgan fingerprint density at radius 1 is 1.16 bits per heavy atom. The van der Waals surface area contributed by atoms with Crippen LogP contribution in [0.4, 0.5) is 4.79 Å². The smallest absolute Gasteiger partial charge is 0.410 e. The van der Waals surface area contributed by atoms with Crippen molar-refractivity contribution >= 4 is 28.7 Å². The third-order valence-electron chi connectivity index (χ3n) is 5.85. The second-order valence-corrected chi connectivity index (χ2v) is 10.5. The lowest BCUT2D eigenvalue weighted by Gasteiger charge is -2.35. The molecule has 1 heterocycles. The van der Waals surface area contributed by atoms with E-state index in [0.717, 1.165) is 58.4 Å². The zero-order valence-electron chi connectivity index (χ0n) is 19.7. The van der Waals surface area contributed by atoms with Crippen LogP contribution in [-0.2, 0) is 11.3 Å². The molecule has 0 spiro atoms. The number of nitrogens with one attached hydrogen (secondary N) is 1. The van der Waals surface area contributed by atoms with Crippen molar-refractivity contribution in [2.24, 2.45) is 0 Å². The lowest BCUT2D eigenvalue weighted by molar-refractivity contribution is 0.0179. The van der Waals surface area contributed by atoms with Crippen molar-refractivity contribution in [3.8, 4) is 16.9 Å². The van der Waals surface area contributed by atoms with Gasteiger partial charge in [0.15, 0.2) is 0 Å². The molecule has 0 radical (unpaired) electrons. The Hall–Kier alpha value is -1.87. The normalized spacial score (nSPS) is 18.8. The summed E-state index contributed by atoms with van der Waals surface area (Å²) in [6.07, 6.45) is 5.67. The molecular formula is C25H34IN3O3. The van der Waals surface area contributed by atoms with Crippen molar-refractivity contribution in [2.45, 2.75) is 70.7 Å². The second-order valence-electron chi connectivity index (χ2n) is 9.37. The number of amides is 1. The van der Waals surface area contributed by atoms with Gasteiger partial charge in [-0.15, -0.1) is 0 Å². The van der Waals surface area contributed by atoms with E-state index in [4.69, 9.17) is 9.47 Å². The van der Waals surface area contributed by atoms with Gasteiger partial charge in [-0.25, -0.2) is 9.78 Å². The van der Waals surface area contributed by atoms with Crippen molar-refractivity contribution in [3.05, 3.63) is 45.8 Å².